The Morgan fingerprint density at radius 1 is 1.12 bits per heavy atom. The van der Waals surface area contributed by atoms with E-state index in [1.807, 2.05) is 44.2 Å². The van der Waals surface area contributed by atoms with Crippen molar-refractivity contribution in [3.63, 3.8) is 0 Å². The number of aliphatic carboxylic acids is 1. The Labute approximate surface area is 197 Å². The monoisotopic (exact) mass is 464 g/mol. The Morgan fingerprint density at radius 2 is 1.85 bits per heavy atom. The summed E-state index contributed by atoms with van der Waals surface area (Å²) in [6, 6.07) is 9.81. The van der Waals surface area contributed by atoms with Crippen molar-refractivity contribution in [2.75, 3.05) is 6.54 Å². The predicted molar refractivity (Wildman–Crippen MR) is 124 cm³/mol. The number of aliphatic hydroxyl groups is 1. The molecule has 0 aliphatic heterocycles. The summed E-state index contributed by atoms with van der Waals surface area (Å²) in [5.74, 6) is -0.991. The first kappa shape index (κ1) is 23.6. The lowest BCUT2D eigenvalue weighted by atomic mass is 9.73. The van der Waals surface area contributed by atoms with E-state index in [-0.39, 0.29) is 53.5 Å². The van der Waals surface area contributed by atoms with Gasteiger partial charge in [-0.05, 0) is 23.3 Å². The fourth-order valence-electron chi connectivity index (χ4n) is 4.85. The molecule has 4 rings (SSSR count). The zero-order chi connectivity index (χ0) is 24.5. The van der Waals surface area contributed by atoms with E-state index in [2.05, 4.69) is 10.1 Å². The minimum atomic E-state index is -1.11. The van der Waals surface area contributed by atoms with Gasteiger partial charge in [-0.1, -0.05) is 49.3 Å². The van der Waals surface area contributed by atoms with E-state index in [1.165, 1.54) is 0 Å². The third kappa shape index (κ3) is 5.00. The van der Waals surface area contributed by atoms with E-state index in [9.17, 15) is 19.5 Å². The molecule has 1 heterocycles. The Bertz CT molecular complexity index is 1190. The Morgan fingerprint density at radius 3 is 2.56 bits per heavy atom. The zero-order valence-corrected chi connectivity index (χ0v) is 19.3. The summed E-state index contributed by atoms with van der Waals surface area (Å²) in [5, 5.41) is 23.9. The second-order valence-electron chi connectivity index (χ2n) is 9.79. The molecule has 178 valence electrons. The van der Waals surface area contributed by atoms with Crippen LogP contribution >= 0.6 is 0 Å². The van der Waals surface area contributed by atoms with Gasteiger partial charge in [0.25, 0.3) is 0 Å². The highest BCUT2D eigenvalue weighted by Gasteiger charge is 2.37. The molecule has 0 saturated heterocycles. The molecule has 0 bridgehead atoms. The van der Waals surface area contributed by atoms with Gasteiger partial charge in [-0.3, -0.25) is 19.4 Å². The maximum Gasteiger partial charge on any atom is 0.325 e. The Hall–Kier alpha value is -3.55. The standard InChI is InChI=1S/C26H28N2O6/c1-26(2)12-18(27-14-23(32)33)24(21(31)13-26)19(29)9-8-17-25-20(30)10-16(11-22(25)34-28-17)15-6-4-3-5-7-15/h3-7,16,29H,8-14H2,1-2H3,(H,32,33)/b24-19+,27-18?. The number of hydrogen-bond donors (Lipinski definition) is 2. The van der Waals surface area contributed by atoms with Gasteiger partial charge in [-0.15, -0.1) is 0 Å². The molecule has 2 aliphatic rings. The average molecular weight is 465 g/mol. The summed E-state index contributed by atoms with van der Waals surface area (Å²) in [7, 11) is 0. The van der Waals surface area contributed by atoms with Crippen molar-refractivity contribution in [1.29, 1.82) is 0 Å². The van der Waals surface area contributed by atoms with Gasteiger partial charge in [0.2, 0.25) is 0 Å². The van der Waals surface area contributed by atoms with E-state index in [0.717, 1.165) is 5.56 Å². The molecule has 0 radical (unpaired) electrons. The fourth-order valence-corrected chi connectivity index (χ4v) is 4.85. The lowest BCUT2D eigenvalue weighted by Gasteiger charge is -2.31. The number of rotatable bonds is 6. The summed E-state index contributed by atoms with van der Waals surface area (Å²) < 4.78 is 5.50. The van der Waals surface area contributed by atoms with Gasteiger partial charge >= 0.3 is 5.97 Å². The number of aliphatic hydroxyl groups excluding tert-OH is 1. The molecule has 0 spiro atoms. The van der Waals surface area contributed by atoms with E-state index in [1.54, 1.807) is 0 Å². The largest absolute Gasteiger partial charge is 0.511 e. The van der Waals surface area contributed by atoms with Crippen molar-refractivity contribution in [1.82, 2.24) is 5.16 Å². The number of carbonyl (C=O) groups excluding carboxylic acids is 2. The van der Waals surface area contributed by atoms with E-state index < -0.39 is 12.5 Å². The highest BCUT2D eigenvalue weighted by atomic mass is 16.5. The molecular formula is C26H28N2O6. The van der Waals surface area contributed by atoms with Gasteiger partial charge in [0, 0.05) is 32.1 Å². The van der Waals surface area contributed by atoms with Crippen molar-refractivity contribution in [3.05, 3.63) is 64.2 Å². The molecule has 8 heteroatoms. The summed E-state index contributed by atoms with van der Waals surface area (Å²) in [6.45, 7) is 3.35. The van der Waals surface area contributed by atoms with Gasteiger partial charge in [-0.2, -0.15) is 0 Å². The van der Waals surface area contributed by atoms with Gasteiger partial charge < -0.3 is 14.7 Å². The third-order valence-corrected chi connectivity index (χ3v) is 6.39. The normalized spacial score (nSPS) is 22.5. The van der Waals surface area contributed by atoms with Gasteiger partial charge in [-0.25, -0.2) is 0 Å². The van der Waals surface area contributed by atoms with Crippen molar-refractivity contribution in [3.8, 4) is 0 Å². The summed E-state index contributed by atoms with van der Waals surface area (Å²) in [4.78, 5) is 40.8. The number of ketones is 2. The fraction of sp³-hybridized carbons (Fsp3) is 0.423. The topological polar surface area (TPSA) is 130 Å². The number of carboxylic acid groups (broad SMARTS) is 1. The number of hydrogen-bond acceptors (Lipinski definition) is 7. The molecule has 1 saturated carbocycles. The number of nitrogens with zero attached hydrogens (tertiary/aromatic N) is 2. The number of benzene rings is 1. The molecule has 8 nitrogen and oxygen atoms in total. The molecule has 2 N–H and O–H groups in total. The van der Waals surface area contributed by atoms with Crippen molar-refractivity contribution in [2.24, 2.45) is 10.4 Å². The van der Waals surface area contributed by atoms with Crippen molar-refractivity contribution in [2.45, 2.75) is 58.3 Å². The highest BCUT2D eigenvalue weighted by Crippen LogP contribution is 2.37. The molecule has 1 unspecified atom stereocenters. The average Bonchev–Trinajstić information content (AvgIpc) is 3.19. The maximum absolute atomic E-state index is 12.9. The zero-order valence-electron chi connectivity index (χ0n) is 19.3. The molecule has 1 aromatic carbocycles. The highest BCUT2D eigenvalue weighted by molar-refractivity contribution is 6.24. The second kappa shape index (κ2) is 9.37. The van der Waals surface area contributed by atoms with E-state index in [0.29, 0.717) is 42.0 Å². The number of aryl methyl sites for hydroxylation is 1. The predicted octanol–water partition coefficient (Wildman–Crippen LogP) is 4.25. The first-order valence-corrected chi connectivity index (χ1v) is 11.4. The second-order valence-corrected chi connectivity index (χ2v) is 9.79. The van der Waals surface area contributed by atoms with Gasteiger partial charge in [0.1, 0.15) is 18.1 Å². The first-order chi connectivity index (χ1) is 16.1. The van der Waals surface area contributed by atoms with Gasteiger partial charge in [0.05, 0.1) is 22.5 Å². The summed E-state index contributed by atoms with van der Waals surface area (Å²) in [5.41, 5.74) is 2.05. The minimum Gasteiger partial charge on any atom is -0.511 e. The molecular weight excluding hydrogens is 436 g/mol. The molecule has 1 aromatic heterocycles. The minimum absolute atomic E-state index is 0.0359. The van der Waals surface area contributed by atoms with Crippen molar-refractivity contribution >= 4 is 23.2 Å². The third-order valence-electron chi connectivity index (χ3n) is 6.39. The van der Waals surface area contributed by atoms with Crippen LogP contribution in [0, 0.1) is 5.41 Å². The SMILES string of the molecule is CC1(C)CC(=O)/C(=C(/O)CCc2noc3c2C(=O)CC(c2ccccc2)C3)C(=NCC(=O)O)C1. The van der Waals surface area contributed by atoms with Crippen LogP contribution in [0.4, 0.5) is 0 Å². The summed E-state index contributed by atoms with van der Waals surface area (Å²) >= 11 is 0. The van der Waals surface area contributed by atoms with E-state index in [4.69, 9.17) is 9.63 Å². The molecule has 2 aromatic rings. The van der Waals surface area contributed by atoms with Crippen LogP contribution in [0.15, 0.2) is 51.2 Å². The van der Waals surface area contributed by atoms with Crippen LogP contribution in [0.25, 0.3) is 0 Å². The smallest absolute Gasteiger partial charge is 0.325 e. The number of carbonyl (C=O) groups is 3. The number of fused-ring (bicyclic) bond motifs is 1. The van der Waals surface area contributed by atoms with Crippen LogP contribution in [-0.4, -0.2) is 45.2 Å². The molecule has 1 fully saturated rings. The Balaban J connectivity index is 1.54. The summed E-state index contributed by atoms with van der Waals surface area (Å²) in [6.07, 6.45) is 1.85. The molecule has 2 aliphatic carbocycles. The van der Waals surface area contributed by atoms with Crippen LogP contribution in [0.1, 0.15) is 72.8 Å². The van der Waals surface area contributed by atoms with Crippen LogP contribution in [-0.2, 0) is 22.4 Å². The maximum atomic E-state index is 12.9. The van der Waals surface area contributed by atoms with Gasteiger partial charge in [0.15, 0.2) is 11.6 Å². The number of Topliss-reactive ketones (excluding diaryl/α,β-unsaturated/α-hetero) is 2. The number of aromatic nitrogens is 1. The molecule has 1 atom stereocenters. The number of aliphatic imine (C=N–C) groups is 1. The molecule has 34 heavy (non-hydrogen) atoms. The van der Waals surface area contributed by atoms with E-state index >= 15 is 0 Å². The van der Waals surface area contributed by atoms with Crippen LogP contribution in [0.3, 0.4) is 0 Å². The van der Waals surface area contributed by atoms with Crippen LogP contribution < -0.4 is 0 Å². The lowest BCUT2D eigenvalue weighted by molar-refractivity contribution is -0.135. The van der Waals surface area contributed by atoms with Crippen LogP contribution in [0.5, 0.6) is 0 Å². The Kier molecular flexibility index (Phi) is 6.50. The van der Waals surface area contributed by atoms with Crippen molar-refractivity contribution < 1.29 is 29.1 Å². The lowest BCUT2D eigenvalue weighted by Crippen LogP contribution is -2.33. The number of carboxylic acids is 1. The number of allylic oxidation sites excluding steroid dienone is 2. The van der Waals surface area contributed by atoms with Crippen LogP contribution in [0.2, 0.25) is 0 Å². The first-order valence-electron chi connectivity index (χ1n) is 11.4. The molecule has 0 amide bonds. The quantitative estimate of drug-likeness (QED) is 0.483.